The van der Waals surface area contributed by atoms with Gasteiger partial charge in [0.2, 0.25) is 0 Å². The molecule has 3 rings (SSSR count). The number of nitrogen functional groups attached to an aromatic ring is 1. The normalized spacial score (nSPS) is 14.9. The maximum absolute atomic E-state index is 5.89. The number of aromatic nitrogens is 2. The van der Waals surface area contributed by atoms with Crippen LogP contribution in [0, 0.1) is 6.92 Å². The van der Waals surface area contributed by atoms with Crippen LogP contribution in [0.15, 0.2) is 24.4 Å². The summed E-state index contributed by atoms with van der Waals surface area (Å²) in [5.74, 6) is 1.47. The first-order valence-electron chi connectivity index (χ1n) is 5.80. The summed E-state index contributed by atoms with van der Waals surface area (Å²) in [6.07, 6.45) is 4.41. The highest BCUT2D eigenvalue weighted by Crippen LogP contribution is 2.37. The van der Waals surface area contributed by atoms with Gasteiger partial charge in [0.05, 0.1) is 12.3 Å². The molecular formula is C13H15N3O. The highest BCUT2D eigenvalue weighted by Gasteiger charge is 2.25. The molecular weight excluding hydrogens is 214 g/mol. The second-order valence-corrected chi connectivity index (χ2v) is 4.51. The van der Waals surface area contributed by atoms with Gasteiger partial charge in [0.15, 0.2) is 0 Å². The third-order valence-corrected chi connectivity index (χ3v) is 2.91. The molecule has 1 aliphatic carbocycles. The minimum absolute atomic E-state index is 0.379. The first-order chi connectivity index (χ1) is 8.24. The predicted molar refractivity (Wildman–Crippen MR) is 66.8 cm³/mol. The zero-order valence-corrected chi connectivity index (χ0v) is 9.73. The van der Waals surface area contributed by atoms with Crippen LogP contribution >= 0.6 is 0 Å². The molecule has 1 saturated carbocycles. The minimum atomic E-state index is 0.379. The minimum Gasteiger partial charge on any atom is -0.490 e. The summed E-state index contributed by atoms with van der Waals surface area (Å²) in [6, 6.07) is 6.14. The smallest absolute Gasteiger partial charge is 0.127 e. The summed E-state index contributed by atoms with van der Waals surface area (Å²) in [7, 11) is 0. The Balaban J connectivity index is 2.06. The number of H-pyrrole nitrogens is 1. The molecule has 0 saturated heterocycles. The average molecular weight is 229 g/mol. The van der Waals surface area contributed by atoms with Gasteiger partial charge in [-0.15, -0.1) is 0 Å². The van der Waals surface area contributed by atoms with Crippen LogP contribution in [0.1, 0.15) is 18.4 Å². The first-order valence-corrected chi connectivity index (χ1v) is 5.80. The number of hydrogen-bond acceptors (Lipinski definition) is 3. The monoisotopic (exact) mass is 229 g/mol. The third-order valence-electron chi connectivity index (χ3n) is 2.91. The van der Waals surface area contributed by atoms with Gasteiger partial charge in [0.25, 0.3) is 0 Å². The maximum atomic E-state index is 5.89. The van der Waals surface area contributed by atoms with Gasteiger partial charge in [-0.25, -0.2) is 0 Å². The summed E-state index contributed by atoms with van der Waals surface area (Å²) in [4.78, 5) is 0. The van der Waals surface area contributed by atoms with E-state index in [-0.39, 0.29) is 0 Å². The fraction of sp³-hybridized carbons (Fsp3) is 0.308. The molecule has 0 unspecified atom stereocenters. The van der Waals surface area contributed by atoms with E-state index in [1.54, 1.807) is 6.20 Å². The van der Waals surface area contributed by atoms with Gasteiger partial charge in [0.1, 0.15) is 11.6 Å². The molecule has 0 spiro atoms. The zero-order chi connectivity index (χ0) is 11.8. The molecule has 2 aromatic rings. The predicted octanol–water partition coefficient (Wildman–Crippen LogP) is 2.51. The number of hydrogen-bond donors (Lipinski definition) is 2. The van der Waals surface area contributed by atoms with E-state index in [9.17, 15) is 0 Å². The quantitative estimate of drug-likeness (QED) is 0.850. The summed E-state index contributed by atoms with van der Waals surface area (Å²) < 4.78 is 5.89. The van der Waals surface area contributed by atoms with Gasteiger partial charge in [-0.05, 0) is 31.9 Å². The first kappa shape index (κ1) is 10.2. The van der Waals surface area contributed by atoms with Crippen LogP contribution in [-0.2, 0) is 0 Å². The van der Waals surface area contributed by atoms with Crippen LogP contribution in [0.3, 0.4) is 0 Å². The molecule has 1 aromatic heterocycles. The lowest BCUT2D eigenvalue weighted by Crippen LogP contribution is -1.98. The molecule has 1 heterocycles. The molecule has 17 heavy (non-hydrogen) atoms. The van der Waals surface area contributed by atoms with Crippen molar-refractivity contribution in [2.75, 3.05) is 5.73 Å². The Kier molecular flexibility index (Phi) is 2.28. The third kappa shape index (κ3) is 1.98. The second kappa shape index (κ2) is 3.80. The van der Waals surface area contributed by atoms with Crippen LogP contribution in [0.2, 0.25) is 0 Å². The van der Waals surface area contributed by atoms with E-state index in [1.807, 2.05) is 6.07 Å². The van der Waals surface area contributed by atoms with Gasteiger partial charge in [-0.2, -0.15) is 5.10 Å². The highest BCUT2D eigenvalue weighted by atomic mass is 16.5. The van der Waals surface area contributed by atoms with Crippen LogP contribution in [0.5, 0.6) is 5.75 Å². The van der Waals surface area contributed by atoms with E-state index in [4.69, 9.17) is 10.5 Å². The Labute approximate surface area is 99.8 Å². The van der Waals surface area contributed by atoms with Gasteiger partial charge in [-0.3, -0.25) is 5.10 Å². The molecule has 0 amide bonds. The van der Waals surface area contributed by atoms with Crippen molar-refractivity contribution in [3.63, 3.8) is 0 Å². The van der Waals surface area contributed by atoms with Crippen LogP contribution in [0.4, 0.5) is 5.82 Å². The van der Waals surface area contributed by atoms with E-state index < -0.39 is 0 Å². The summed E-state index contributed by atoms with van der Waals surface area (Å²) in [6.45, 7) is 2.06. The van der Waals surface area contributed by atoms with Crippen LogP contribution in [0.25, 0.3) is 11.1 Å². The number of rotatable bonds is 3. The number of nitrogens with one attached hydrogen (secondary N) is 1. The summed E-state index contributed by atoms with van der Waals surface area (Å²) >= 11 is 0. The van der Waals surface area contributed by atoms with E-state index in [2.05, 4.69) is 29.3 Å². The lowest BCUT2D eigenvalue weighted by Gasteiger charge is -2.11. The van der Waals surface area contributed by atoms with E-state index in [1.165, 1.54) is 5.56 Å². The lowest BCUT2D eigenvalue weighted by atomic mass is 10.0. The zero-order valence-electron chi connectivity index (χ0n) is 9.73. The molecule has 4 nitrogen and oxygen atoms in total. The number of ether oxygens (including phenoxy) is 1. The molecule has 1 aromatic carbocycles. The van der Waals surface area contributed by atoms with Crippen LogP contribution in [-0.4, -0.2) is 16.3 Å². The van der Waals surface area contributed by atoms with Crippen molar-refractivity contribution in [1.82, 2.24) is 10.2 Å². The van der Waals surface area contributed by atoms with Crippen molar-refractivity contribution < 1.29 is 4.74 Å². The van der Waals surface area contributed by atoms with Crippen molar-refractivity contribution in [3.05, 3.63) is 30.0 Å². The van der Waals surface area contributed by atoms with Crippen LogP contribution < -0.4 is 10.5 Å². The van der Waals surface area contributed by atoms with Gasteiger partial charge in [-0.1, -0.05) is 11.6 Å². The summed E-state index contributed by atoms with van der Waals surface area (Å²) in [5, 5.41) is 6.71. The molecule has 3 N–H and O–H groups in total. The molecule has 0 radical (unpaired) electrons. The lowest BCUT2D eigenvalue weighted by molar-refractivity contribution is 0.304. The largest absolute Gasteiger partial charge is 0.490 e. The number of nitrogens with two attached hydrogens (primary N) is 1. The van der Waals surface area contributed by atoms with Gasteiger partial charge in [0, 0.05) is 11.1 Å². The number of anilines is 1. The molecule has 4 heteroatoms. The molecule has 0 aliphatic heterocycles. The maximum Gasteiger partial charge on any atom is 0.127 e. The number of nitrogens with zero attached hydrogens (tertiary/aromatic N) is 1. The fourth-order valence-corrected chi connectivity index (χ4v) is 1.83. The molecule has 1 fully saturated rings. The number of aryl methyl sites for hydroxylation is 1. The summed E-state index contributed by atoms with van der Waals surface area (Å²) in [5.41, 5.74) is 8.97. The topological polar surface area (TPSA) is 63.9 Å². The molecule has 0 bridgehead atoms. The molecule has 88 valence electrons. The van der Waals surface area contributed by atoms with Crippen molar-refractivity contribution in [2.24, 2.45) is 0 Å². The Morgan fingerprint density at radius 3 is 2.82 bits per heavy atom. The van der Waals surface area contributed by atoms with Crippen molar-refractivity contribution >= 4 is 5.82 Å². The van der Waals surface area contributed by atoms with E-state index >= 15 is 0 Å². The Morgan fingerprint density at radius 2 is 2.18 bits per heavy atom. The Morgan fingerprint density at radius 1 is 1.35 bits per heavy atom. The molecule has 1 aliphatic rings. The van der Waals surface area contributed by atoms with Gasteiger partial charge < -0.3 is 10.5 Å². The van der Waals surface area contributed by atoms with Crippen molar-refractivity contribution in [2.45, 2.75) is 25.9 Å². The van der Waals surface area contributed by atoms with Crippen molar-refractivity contribution in [3.8, 4) is 16.9 Å². The standard InChI is InChI=1S/C13H15N3O/c1-8-2-5-12(17-9-3-4-9)10(6-8)11-7-15-16-13(11)14/h2,5-7,9H,3-4H2,1H3,(H3,14,15,16). The molecule has 0 atom stereocenters. The van der Waals surface area contributed by atoms with Gasteiger partial charge >= 0.3 is 0 Å². The van der Waals surface area contributed by atoms with E-state index in [0.29, 0.717) is 11.9 Å². The SMILES string of the molecule is Cc1ccc(OC2CC2)c(-c2cn[nH]c2N)c1. The number of benzene rings is 1. The number of aromatic amines is 1. The Bertz CT molecular complexity index is 543. The van der Waals surface area contributed by atoms with E-state index in [0.717, 1.165) is 29.7 Å². The Hall–Kier alpha value is -1.97. The second-order valence-electron chi connectivity index (χ2n) is 4.51. The average Bonchev–Trinajstić information content (AvgIpc) is 3.02. The fourth-order valence-electron chi connectivity index (χ4n) is 1.83. The highest BCUT2D eigenvalue weighted by molar-refractivity contribution is 5.78. The van der Waals surface area contributed by atoms with Crippen molar-refractivity contribution in [1.29, 1.82) is 0 Å².